The summed E-state index contributed by atoms with van der Waals surface area (Å²) in [6.07, 6.45) is -8.40. The summed E-state index contributed by atoms with van der Waals surface area (Å²) in [5, 5.41) is 5.50. The van der Waals surface area contributed by atoms with E-state index in [1.807, 2.05) is 6.92 Å². The summed E-state index contributed by atoms with van der Waals surface area (Å²) in [7, 11) is 2.41. The highest BCUT2D eigenvalue weighted by Gasteiger charge is 2.43. The lowest BCUT2D eigenvalue weighted by molar-refractivity contribution is -0.144. The summed E-state index contributed by atoms with van der Waals surface area (Å²) in [4.78, 5) is 41.2. The monoisotopic (exact) mass is 696 g/mol. The molecule has 0 bridgehead atoms. The maximum Gasteiger partial charge on any atom is 0.433 e. The van der Waals surface area contributed by atoms with E-state index in [0.717, 1.165) is 31.9 Å². The number of anilines is 1. The van der Waals surface area contributed by atoms with Crippen LogP contribution < -0.4 is 21.3 Å². The summed E-state index contributed by atoms with van der Waals surface area (Å²) in [5.74, 6) is -3.88. The Kier molecular flexibility index (Phi) is 12.3. The first-order chi connectivity index (χ1) is 22.4. The molecular weight excluding hydrogens is 664 g/mol. The highest BCUT2D eigenvalue weighted by Crippen LogP contribution is 2.39. The Morgan fingerprint density at radius 2 is 1.67 bits per heavy atom. The fourth-order valence-corrected chi connectivity index (χ4v) is 5.15. The van der Waals surface area contributed by atoms with Crippen LogP contribution in [0.3, 0.4) is 0 Å². The van der Waals surface area contributed by atoms with E-state index in [-0.39, 0.29) is 42.6 Å². The Morgan fingerprint density at radius 3 is 2.17 bits per heavy atom. The second kappa shape index (κ2) is 15.6. The van der Waals surface area contributed by atoms with Crippen LogP contribution in [0.25, 0.3) is 0 Å². The van der Waals surface area contributed by atoms with Crippen LogP contribution in [-0.4, -0.2) is 74.4 Å². The predicted octanol–water partition coefficient (Wildman–Crippen LogP) is 4.88. The number of pyridine rings is 1. The molecule has 2 aromatic rings. The number of ether oxygens (including phenoxy) is 2. The zero-order valence-electron chi connectivity index (χ0n) is 25.8. The molecule has 2 aliphatic heterocycles. The molecule has 3 heterocycles. The van der Waals surface area contributed by atoms with Crippen molar-refractivity contribution < 1.29 is 59.0 Å². The minimum Gasteiger partial charge on any atom is -0.466 e. The largest absolute Gasteiger partial charge is 0.466 e. The van der Waals surface area contributed by atoms with Crippen molar-refractivity contribution in [3.63, 3.8) is 0 Å². The summed E-state index contributed by atoms with van der Waals surface area (Å²) in [5.41, 5.74) is 2.58. The third-order valence-corrected chi connectivity index (χ3v) is 7.28. The van der Waals surface area contributed by atoms with Crippen LogP contribution in [-0.2, 0) is 26.6 Å². The normalized spacial score (nSPS) is 17.5. The van der Waals surface area contributed by atoms with E-state index in [4.69, 9.17) is 10.5 Å². The van der Waals surface area contributed by atoms with Crippen LogP contribution in [0, 0.1) is 11.6 Å². The smallest absolute Gasteiger partial charge is 0.433 e. The van der Waals surface area contributed by atoms with E-state index >= 15 is 0 Å². The van der Waals surface area contributed by atoms with Gasteiger partial charge in [0.2, 0.25) is 0 Å². The van der Waals surface area contributed by atoms with Gasteiger partial charge >= 0.3 is 30.4 Å². The number of nitrogens with zero attached hydrogens (tertiary/aromatic N) is 3. The summed E-state index contributed by atoms with van der Waals surface area (Å²) < 4.78 is 114. The van der Waals surface area contributed by atoms with Crippen LogP contribution in [0.4, 0.5) is 50.5 Å². The predicted molar refractivity (Wildman–Crippen MR) is 153 cm³/mol. The number of benzene rings is 1. The van der Waals surface area contributed by atoms with E-state index in [1.54, 1.807) is 0 Å². The molecule has 1 fully saturated rings. The van der Waals surface area contributed by atoms with Gasteiger partial charge in [-0.05, 0) is 49.2 Å². The van der Waals surface area contributed by atoms with E-state index in [9.17, 15) is 49.5 Å². The van der Waals surface area contributed by atoms with Gasteiger partial charge in [0.05, 0.1) is 30.6 Å². The van der Waals surface area contributed by atoms with Crippen molar-refractivity contribution in [2.45, 2.75) is 44.2 Å². The standard InChI is InChI=1S/C15H15F2N3O5.C14H17F6N3/c1-24-6-10-11(13(21)25-2)12(20(14(18)22)15(23)19-10)7-3-4-8(16)9(17)5-7;1-2-21-9-5-7-23(8-6-9)12-10(13(15,16)17)3-4-11(22-12)14(18,19)20/h3-5,12H,6H2,1-2H3,(H2,18,22)(H,19,23);3-4,9,21H,2,5-8H2,1H3/t12-;/m0./s1. The summed E-state index contributed by atoms with van der Waals surface area (Å²) in [6, 6.07) is 0.162. The molecule has 0 saturated carbocycles. The zero-order valence-corrected chi connectivity index (χ0v) is 25.8. The molecule has 48 heavy (non-hydrogen) atoms. The zero-order chi connectivity index (χ0) is 36.0. The Bertz CT molecular complexity index is 1530. The van der Waals surface area contributed by atoms with Crippen LogP contribution in [0.5, 0.6) is 0 Å². The molecule has 264 valence electrons. The maximum atomic E-state index is 13.6. The van der Waals surface area contributed by atoms with Gasteiger partial charge in [-0.2, -0.15) is 26.3 Å². The van der Waals surface area contributed by atoms with Crippen LogP contribution in [0.1, 0.15) is 42.6 Å². The molecule has 4 amide bonds. The van der Waals surface area contributed by atoms with Crippen molar-refractivity contribution in [3.8, 4) is 0 Å². The highest BCUT2D eigenvalue weighted by molar-refractivity contribution is 6.01. The molecule has 1 saturated heterocycles. The Hall–Kier alpha value is -4.52. The number of primary amides is 1. The number of nitrogens with two attached hydrogens (primary N) is 1. The Morgan fingerprint density at radius 1 is 1.02 bits per heavy atom. The highest BCUT2D eigenvalue weighted by atomic mass is 19.4. The molecule has 0 unspecified atom stereocenters. The minimum atomic E-state index is -4.78. The lowest BCUT2D eigenvalue weighted by atomic mass is 9.93. The second-order valence-corrected chi connectivity index (χ2v) is 10.4. The number of amides is 4. The van der Waals surface area contributed by atoms with Gasteiger partial charge in [-0.25, -0.2) is 33.0 Å². The van der Waals surface area contributed by atoms with Gasteiger partial charge in [-0.1, -0.05) is 13.0 Å². The molecule has 11 nitrogen and oxygen atoms in total. The quantitative estimate of drug-likeness (QED) is 0.275. The number of piperidine rings is 1. The number of imide groups is 1. The van der Waals surface area contributed by atoms with Gasteiger partial charge in [-0.15, -0.1) is 0 Å². The van der Waals surface area contributed by atoms with Crippen molar-refractivity contribution in [1.82, 2.24) is 20.5 Å². The van der Waals surface area contributed by atoms with Gasteiger partial charge in [0, 0.05) is 26.2 Å². The topological polar surface area (TPSA) is 139 Å². The van der Waals surface area contributed by atoms with Crippen molar-refractivity contribution in [1.29, 1.82) is 0 Å². The number of aromatic nitrogens is 1. The second-order valence-electron chi connectivity index (χ2n) is 10.4. The average molecular weight is 697 g/mol. The SMILES string of the molecule is CCNC1CCN(c2nc(C(F)(F)F)ccc2C(F)(F)F)CC1.COCC1=C(C(=O)OC)[C@H](c2ccc(F)c(F)c2)N(C(N)=O)C(=O)N1. The maximum absolute atomic E-state index is 13.6. The van der Waals surface area contributed by atoms with Crippen molar-refractivity contribution in [2.24, 2.45) is 5.73 Å². The van der Waals surface area contributed by atoms with Crippen molar-refractivity contribution >= 4 is 23.8 Å². The number of hydrogen-bond donors (Lipinski definition) is 3. The molecule has 1 atom stereocenters. The van der Waals surface area contributed by atoms with Crippen molar-refractivity contribution in [2.75, 3.05) is 45.4 Å². The van der Waals surface area contributed by atoms with Crippen LogP contribution in [0.2, 0.25) is 0 Å². The first-order valence-corrected chi connectivity index (χ1v) is 14.2. The number of esters is 1. The van der Waals surface area contributed by atoms with E-state index in [0.29, 0.717) is 29.9 Å². The Balaban J connectivity index is 0.000000261. The van der Waals surface area contributed by atoms with Gasteiger partial charge in [0.25, 0.3) is 0 Å². The number of carbonyl (C=O) groups excluding carboxylic acids is 3. The first-order valence-electron chi connectivity index (χ1n) is 14.2. The third kappa shape index (κ3) is 8.88. The van der Waals surface area contributed by atoms with Crippen LogP contribution >= 0.6 is 0 Å². The van der Waals surface area contributed by atoms with Gasteiger partial charge in [0.1, 0.15) is 17.6 Å². The summed E-state index contributed by atoms with van der Waals surface area (Å²) >= 11 is 0. The fourth-order valence-electron chi connectivity index (χ4n) is 5.15. The number of hydrogen-bond acceptors (Lipinski definition) is 8. The van der Waals surface area contributed by atoms with Gasteiger partial charge < -0.3 is 30.7 Å². The molecule has 4 rings (SSSR count). The molecule has 4 N–H and O–H groups in total. The average Bonchev–Trinajstić information content (AvgIpc) is 3.01. The molecule has 1 aromatic heterocycles. The molecule has 19 heteroatoms. The number of carbonyl (C=O) groups is 3. The number of alkyl halides is 6. The molecule has 2 aliphatic rings. The minimum absolute atomic E-state index is 0.0200. The third-order valence-electron chi connectivity index (χ3n) is 7.28. The number of nitrogens with one attached hydrogen (secondary N) is 2. The molecule has 0 aliphatic carbocycles. The van der Waals surface area contributed by atoms with Crippen molar-refractivity contribution in [3.05, 3.63) is 70.1 Å². The first kappa shape index (κ1) is 37.9. The van der Waals surface area contributed by atoms with E-state index in [2.05, 4.69) is 20.4 Å². The molecule has 0 spiro atoms. The van der Waals surface area contributed by atoms with Gasteiger partial charge in [-0.3, -0.25) is 0 Å². The number of halogens is 8. The lowest BCUT2D eigenvalue weighted by Crippen LogP contribution is -2.54. The van der Waals surface area contributed by atoms with E-state index < -0.39 is 65.1 Å². The number of rotatable bonds is 7. The molecule has 0 radical (unpaired) electrons. The molecular formula is C29H32F8N6O5. The number of methoxy groups -OCH3 is 2. The van der Waals surface area contributed by atoms with Crippen LogP contribution in [0.15, 0.2) is 41.6 Å². The van der Waals surface area contributed by atoms with E-state index in [1.165, 1.54) is 12.0 Å². The number of urea groups is 2. The Labute approximate surface area is 269 Å². The fraction of sp³-hybridized carbons (Fsp3) is 0.448. The lowest BCUT2D eigenvalue weighted by Gasteiger charge is -2.35. The summed E-state index contributed by atoms with van der Waals surface area (Å²) in [6.45, 7) is 2.93. The van der Waals surface area contributed by atoms with Gasteiger partial charge in [0.15, 0.2) is 11.6 Å². The molecule has 1 aromatic carbocycles.